The first-order chi connectivity index (χ1) is 9.06. The molecule has 0 aromatic carbocycles. The zero-order valence-electron chi connectivity index (χ0n) is 10.3. The molecule has 3 aromatic heterocycles. The summed E-state index contributed by atoms with van der Waals surface area (Å²) in [5.41, 5.74) is -0.336. The minimum atomic E-state index is -0.336. The lowest BCUT2D eigenvalue weighted by atomic mass is 10.1. The van der Waals surface area contributed by atoms with Gasteiger partial charge in [0.25, 0.3) is 5.78 Å². The number of anilines is 1. The summed E-state index contributed by atoms with van der Waals surface area (Å²) in [5.74, 6) is 1.19. The van der Waals surface area contributed by atoms with E-state index < -0.39 is 0 Å². The van der Waals surface area contributed by atoms with E-state index in [0.717, 1.165) is 10.8 Å². The van der Waals surface area contributed by atoms with Gasteiger partial charge in [0.2, 0.25) is 0 Å². The van der Waals surface area contributed by atoms with Crippen LogP contribution in [0.5, 0.6) is 0 Å². The Morgan fingerprint density at radius 2 is 2.21 bits per heavy atom. The summed E-state index contributed by atoms with van der Waals surface area (Å²) in [6.07, 6.45) is 3.23. The molecule has 0 amide bonds. The van der Waals surface area contributed by atoms with E-state index in [1.807, 2.05) is 19.2 Å². The fraction of sp³-hybridized carbons (Fsp3) is 0.273. The van der Waals surface area contributed by atoms with Crippen LogP contribution in [-0.2, 0) is 5.54 Å². The third-order valence-corrected chi connectivity index (χ3v) is 3.92. The van der Waals surface area contributed by atoms with Crippen LogP contribution in [0.25, 0.3) is 5.78 Å². The minimum absolute atomic E-state index is 0.336. The van der Waals surface area contributed by atoms with Gasteiger partial charge in [0, 0.05) is 17.6 Å². The fourth-order valence-corrected chi connectivity index (χ4v) is 2.68. The maximum absolute atomic E-state index is 5.99. The molecule has 0 bridgehead atoms. The van der Waals surface area contributed by atoms with Gasteiger partial charge in [-0.1, -0.05) is 11.6 Å². The molecule has 0 saturated heterocycles. The lowest BCUT2D eigenvalue weighted by Crippen LogP contribution is -2.29. The van der Waals surface area contributed by atoms with E-state index in [1.54, 1.807) is 28.1 Å². The smallest absolute Gasteiger partial charge is 0.255 e. The maximum atomic E-state index is 5.99. The molecule has 3 aromatic rings. The topological polar surface area (TPSA) is 68.0 Å². The predicted octanol–water partition coefficient (Wildman–Crippen LogP) is 2.58. The molecule has 0 aliphatic heterocycles. The molecular formula is C11H11ClN6S. The SMILES string of the molecule is CC(C)(Nc1cc(Cl)nc2ncnn12)c1nccs1. The number of aromatic nitrogens is 5. The molecule has 19 heavy (non-hydrogen) atoms. The quantitative estimate of drug-likeness (QED) is 0.752. The lowest BCUT2D eigenvalue weighted by molar-refractivity contribution is 0.596. The molecule has 3 heterocycles. The molecule has 0 saturated carbocycles. The van der Waals surface area contributed by atoms with Crippen molar-refractivity contribution in [3.8, 4) is 0 Å². The number of nitrogens with one attached hydrogen (secondary N) is 1. The second-order valence-corrected chi connectivity index (χ2v) is 5.81. The van der Waals surface area contributed by atoms with E-state index in [1.165, 1.54) is 6.33 Å². The number of hydrogen-bond acceptors (Lipinski definition) is 6. The molecule has 6 nitrogen and oxygen atoms in total. The number of fused-ring (bicyclic) bond motifs is 1. The van der Waals surface area contributed by atoms with Crippen LogP contribution in [0.3, 0.4) is 0 Å². The van der Waals surface area contributed by atoms with Gasteiger partial charge in [0.05, 0.1) is 5.54 Å². The number of hydrogen-bond donors (Lipinski definition) is 1. The Morgan fingerprint density at radius 3 is 2.95 bits per heavy atom. The summed E-state index contributed by atoms with van der Waals surface area (Å²) < 4.78 is 1.61. The third-order valence-electron chi connectivity index (χ3n) is 2.63. The maximum Gasteiger partial charge on any atom is 0.255 e. The Labute approximate surface area is 118 Å². The van der Waals surface area contributed by atoms with Crippen LogP contribution in [0.4, 0.5) is 5.82 Å². The van der Waals surface area contributed by atoms with Gasteiger partial charge < -0.3 is 5.32 Å². The van der Waals surface area contributed by atoms with Crippen LogP contribution in [0.15, 0.2) is 24.0 Å². The van der Waals surface area contributed by atoms with E-state index in [-0.39, 0.29) is 5.54 Å². The van der Waals surface area contributed by atoms with Crippen molar-refractivity contribution in [2.24, 2.45) is 0 Å². The minimum Gasteiger partial charge on any atom is -0.358 e. The number of thiazole rings is 1. The van der Waals surface area contributed by atoms with Crippen molar-refractivity contribution in [1.82, 2.24) is 24.6 Å². The monoisotopic (exact) mass is 294 g/mol. The van der Waals surface area contributed by atoms with Gasteiger partial charge >= 0.3 is 0 Å². The van der Waals surface area contributed by atoms with E-state index in [0.29, 0.717) is 10.9 Å². The molecule has 0 unspecified atom stereocenters. The molecule has 1 N–H and O–H groups in total. The lowest BCUT2D eigenvalue weighted by Gasteiger charge is -2.25. The average Bonchev–Trinajstić information content (AvgIpc) is 2.98. The van der Waals surface area contributed by atoms with Crippen LogP contribution < -0.4 is 5.32 Å². The van der Waals surface area contributed by atoms with Gasteiger partial charge in [-0.2, -0.15) is 19.6 Å². The molecule has 8 heteroatoms. The summed E-state index contributed by atoms with van der Waals surface area (Å²) in [6, 6.07) is 1.72. The normalized spacial score (nSPS) is 11.9. The van der Waals surface area contributed by atoms with E-state index in [2.05, 4.69) is 25.4 Å². The molecule has 0 aliphatic carbocycles. The van der Waals surface area contributed by atoms with Crippen molar-refractivity contribution in [3.05, 3.63) is 34.1 Å². The second-order valence-electron chi connectivity index (χ2n) is 4.52. The molecule has 3 rings (SSSR count). The molecular weight excluding hydrogens is 284 g/mol. The Hall–Kier alpha value is -1.73. The van der Waals surface area contributed by atoms with Crippen molar-refractivity contribution in [2.45, 2.75) is 19.4 Å². The van der Waals surface area contributed by atoms with Crippen molar-refractivity contribution < 1.29 is 0 Å². The van der Waals surface area contributed by atoms with E-state index >= 15 is 0 Å². The molecule has 0 aliphatic rings. The third kappa shape index (κ3) is 2.26. The van der Waals surface area contributed by atoms with Gasteiger partial charge in [-0.3, -0.25) is 0 Å². The van der Waals surface area contributed by atoms with Crippen LogP contribution in [0, 0.1) is 0 Å². The summed E-state index contributed by atoms with van der Waals surface area (Å²) in [5, 5.41) is 10.8. The van der Waals surface area contributed by atoms with Crippen molar-refractivity contribution in [1.29, 1.82) is 0 Å². The number of halogens is 1. The second kappa shape index (κ2) is 4.43. The molecule has 0 atom stereocenters. The highest BCUT2D eigenvalue weighted by Crippen LogP contribution is 2.27. The highest BCUT2D eigenvalue weighted by atomic mass is 35.5. The zero-order chi connectivity index (χ0) is 13.5. The van der Waals surface area contributed by atoms with Gasteiger partial charge in [-0.05, 0) is 13.8 Å². The van der Waals surface area contributed by atoms with Crippen LogP contribution in [-0.4, -0.2) is 24.6 Å². The van der Waals surface area contributed by atoms with Crippen molar-refractivity contribution in [3.63, 3.8) is 0 Å². The first-order valence-electron chi connectivity index (χ1n) is 5.61. The Morgan fingerprint density at radius 1 is 1.37 bits per heavy atom. The zero-order valence-corrected chi connectivity index (χ0v) is 11.9. The predicted molar refractivity (Wildman–Crippen MR) is 74.6 cm³/mol. The Balaban J connectivity index is 2.03. The summed E-state index contributed by atoms with van der Waals surface area (Å²) in [7, 11) is 0. The first-order valence-corrected chi connectivity index (χ1v) is 6.86. The van der Waals surface area contributed by atoms with Crippen molar-refractivity contribution in [2.75, 3.05) is 5.32 Å². The van der Waals surface area contributed by atoms with Crippen molar-refractivity contribution >= 4 is 34.5 Å². The average molecular weight is 295 g/mol. The summed E-state index contributed by atoms with van der Waals surface area (Å²) >= 11 is 7.58. The number of rotatable bonds is 3. The van der Waals surface area contributed by atoms with Gasteiger partial charge in [-0.25, -0.2) is 4.98 Å². The fourth-order valence-electron chi connectivity index (χ4n) is 1.78. The summed E-state index contributed by atoms with van der Waals surface area (Å²) in [6.45, 7) is 4.09. The van der Waals surface area contributed by atoms with Crippen LogP contribution >= 0.6 is 22.9 Å². The molecule has 98 valence electrons. The molecule has 0 spiro atoms. The molecule has 0 fully saturated rings. The highest BCUT2D eigenvalue weighted by molar-refractivity contribution is 7.09. The summed E-state index contributed by atoms with van der Waals surface area (Å²) in [4.78, 5) is 12.5. The Kier molecular flexibility index (Phi) is 2.87. The van der Waals surface area contributed by atoms with Gasteiger partial charge in [0.1, 0.15) is 22.3 Å². The Bertz CT molecular complexity index is 705. The van der Waals surface area contributed by atoms with E-state index in [4.69, 9.17) is 11.6 Å². The standard InChI is InChI=1S/C11H11ClN6S/c1-11(2,9-13-3-4-19-9)17-8-5-7(12)16-10-14-6-15-18(8)10/h3-6,17H,1-2H3. The van der Waals surface area contributed by atoms with Gasteiger partial charge in [-0.15, -0.1) is 11.3 Å². The van der Waals surface area contributed by atoms with Gasteiger partial charge in [0.15, 0.2) is 0 Å². The largest absolute Gasteiger partial charge is 0.358 e. The number of nitrogens with zero attached hydrogens (tertiary/aromatic N) is 5. The van der Waals surface area contributed by atoms with E-state index in [9.17, 15) is 0 Å². The molecule has 0 radical (unpaired) electrons. The highest BCUT2D eigenvalue weighted by Gasteiger charge is 2.24. The van der Waals surface area contributed by atoms with Crippen LogP contribution in [0.1, 0.15) is 18.9 Å². The first kappa shape index (κ1) is 12.3. The van der Waals surface area contributed by atoms with Crippen LogP contribution in [0.2, 0.25) is 5.15 Å².